The van der Waals surface area contributed by atoms with Crippen LogP contribution in [0.3, 0.4) is 0 Å². The summed E-state index contributed by atoms with van der Waals surface area (Å²) in [7, 11) is 2.06. The van der Waals surface area contributed by atoms with Gasteiger partial charge in [-0.25, -0.2) is 4.98 Å². The third-order valence-electron chi connectivity index (χ3n) is 10.3. The van der Waals surface area contributed by atoms with E-state index < -0.39 is 0 Å². The molecule has 55 heavy (non-hydrogen) atoms. The SMILES string of the molecule is Cc1cc(C)c(-c2nc(-c3[c-]c(N4[CH-]N(C)c5ccccc54)ccc3)nc(-c3[c-]c4c(cc3)c3ccccc3n4-c3cc(C(C)(C)C)ccn3)n2)c(C)c1.[Pt]. The molecular weight excluding hydrogens is 858 g/mol. The number of hydrogen-bond acceptors (Lipinski definition) is 6. The average molecular weight is 898 g/mol. The van der Waals surface area contributed by atoms with Gasteiger partial charge in [-0.15, -0.1) is 53.6 Å². The monoisotopic (exact) mass is 897 g/mol. The molecule has 0 fully saturated rings. The summed E-state index contributed by atoms with van der Waals surface area (Å²) in [4.78, 5) is 24.7. The summed E-state index contributed by atoms with van der Waals surface area (Å²) >= 11 is 0. The predicted molar refractivity (Wildman–Crippen MR) is 220 cm³/mol. The van der Waals surface area contributed by atoms with E-state index in [-0.39, 0.29) is 26.5 Å². The zero-order chi connectivity index (χ0) is 37.3. The summed E-state index contributed by atoms with van der Waals surface area (Å²) in [5.41, 5.74) is 12.3. The van der Waals surface area contributed by atoms with E-state index in [1.54, 1.807) is 0 Å². The molecule has 0 amide bonds. The third kappa shape index (κ3) is 6.40. The summed E-state index contributed by atoms with van der Waals surface area (Å²) in [5.74, 6) is 2.56. The molecule has 8 heteroatoms. The van der Waals surface area contributed by atoms with E-state index in [0.29, 0.717) is 17.5 Å². The number of benzene rings is 5. The molecule has 276 valence electrons. The average Bonchev–Trinajstić information content (AvgIpc) is 3.68. The van der Waals surface area contributed by atoms with Gasteiger partial charge in [0.25, 0.3) is 0 Å². The summed E-state index contributed by atoms with van der Waals surface area (Å²) in [5, 5.41) is 2.23. The van der Waals surface area contributed by atoms with Crippen LogP contribution in [0, 0.1) is 39.6 Å². The second-order valence-corrected chi connectivity index (χ2v) is 15.3. The van der Waals surface area contributed by atoms with Crippen molar-refractivity contribution in [2.75, 3.05) is 16.8 Å². The number of nitrogens with zero attached hydrogens (tertiary/aromatic N) is 7. The van der Waals surface area contributed by atoms with Crippen LogP contribution in [0.5, 0.6) is 0 Å². The van der Waals surface area contributed by atoms with Crippen LogP contribution in [0.2, 0.25) is 0 Å². The standard InChI is InChI=1S/C47H40N7.Pt/c1-29-23-30(2)43(31(3)24-29)46-50-44(32-13-12-14-35(25-32)53-28-52(7)39-17-10-11-18-40(39)53)49-45(51-46)33-19-20-37-36-15-8-9-16-38(36)54(41(37)26-33)42-27-34(21-22-48-42)47(4,5)6;/h8-24,27-28H,1-7H3;/q-3;. The van der Waals surface area contributed by atoms with Crippen LogP contribution < -0.4 is 9.80 Å². The van der Waals surface area contributed by atoms with E-state index in [2.05, 4.69) is 173 Å². The molecule has 9 rings (SSSR count). The van der Waals surface area contributed by atoms with Crippen LogP contribution in [0.25, 0.3) is 61.8 Å². The zero-order valence-electron chi connectivity index (χ0n) is 31.9. The van der Waals surface area contributed by atoms with Crippen molar-refractivity contribution in [1.29, 1.82) is 0 Å². The maximum Gasteiger partial charge on any atom is 0.144 e. The Morgan fingerprint density at radius 1 is 0.655 bits per heavy atom. The van der Waals surface area contributed by atoms with E-state index in [0.717, 1.165) is 72.5 Å². The molecule has 3 aromatic heterocycles. The van der Waals surface area contributed by atoms with Gasteiger partial charge < -0.3 is 19.4 Å². The molecule has 5 aromatic carbocycles. The molecule has 7 nitrogen and oxygen atoms in total. The Labute approximate surface area is 337 Å². The van der Waals surface area contributed by atoms with Gasteiger partial charge in [0.05, 0.1) is 11.6 Å². The molecule has 8 aromatic rings. The van der Waals surface area contributed by atoms with Crippen LogP contribution in [-0.4, -0.2) is 31.6 Å². The molecule has 1 aliphatic rings. The molecule has 0 N–H and O–H groups in total. The molecule has 0 unspecified atom stereocenters. The maximum atomic E-state index is 5.18. The maximum absolute atomic E-state index is 5.18. The topological polar surface area (TPSA) is 63.0 Å². The molecule has 0 bridgehead atoms. The number of hydrogen-bond donors (Lipinski definition) is 0. The number of aromatic nitrogens is 5. The zero-order valence-corrected chi connectivity index (χ0v) is 34.2. The van der Waals surface area contributed by atoms with Gasteiger partial charge >= 0.3 is 0 Å². The van der Waals surface area contributed by atoms with E-state index in [4.69, 9.17) is 19.9 Å². The molecule has 0 saturated heterocycles. The molecule has 4 heterocycles. The normalized spacial score (nSPS) is 12.7. The van der Waals surface area contributed by atoms with Gasteiger partial charge in [-0.1, -0.05) is 79.9 Å². The van der Waals surface area contributed by atoms with Crippen molar-refractivity contribution in [2.45, 2.75) is 47.0 Å². The van der Waals surface area contributed by atoms with Crippen molar-refractivity contribution < 1.29 is 21.1 Å². The van der Waals surface area contributed by atoms with Crippen LogP contribution >= 0.6 is 0 Å². The van der Waals surface area contributed by atoms with Crippen molar-refractivity contribution in [3.63, 3.8) is 0 Å². The Kier molecular flexibility index (Phi) is 9.17. The Bertz CT molecular complexity index is 2740. The van der Waals surface area contributed by atoms with Gasteiger partial charge in [0.2, 0.25) is 0 Å². The Balaban J connectivity index is 0.00000427. The number of aryl methyl sites for hydroxylation is 3. The fraction of sp³-hybridized carbons (Fsp3) is 0.170. The minimum absolute atomic E-state index is 0. The summed E-state index contributed by atoms with van der Waals surface area (Å²) < 4.78 is 2.21. The van der Waals surface area contributed by atoms with Gasteiger partial charge in [0.15, 0.2) is 0 Å². The van der Waals surface area contributed by atoms with Crippen molar-refractivity contribution in [1.82, 2.24) is 24.5 Å². The smallest absolute Gasteiger partial charge is 0.144 e. The number of anilines is 3. The first-order chi connectivity index (χ1) is 26.0. The number of pyridine rings is 1. The minimum Gasteiger partial charge on any atom is -0.504 e. The molecular formula is C47H40N7Pt-3. The molecule has 0 aliphatic carbocycles. The van der Waals surface area contributed by atoms with Crippen LogP contribution in [-0.2, 0) is 26.5 Å². The quantitative estimate of drug-likeness (QED) is 0.160. The predicted octanol–water partition coefficient (Wildman–Crippen LogP) is 10.9. The van der Waals surface area contributed by atoms with Crippen molar-refractivity contribution in [3.8, 4) is 40.0 Å². The first-order valence-corrected chi connectivity index (χ1v) is 18.3. The fourth-order valence-corrected chi connectivity index (χ4v) is 7.71. The largest absolute Gasteiger partial charge is 0.504 e. The van der Waals surface area contributed by atoms with Gasteiger partial charge in [-0.05, 0) is 91.2 Å². The van der Waals surface area contributed by atoms with E-state index >= 15 is 0 Å². The van der Waals surface area contributed by atoms with Crippen LogP contribution in [0.4, 0.5) is 17.1 Å². The summed E-state index contributed by atoms with van der Waals surface area (Å²) in [6.45, 7) is 15.1. The number of fused-ring (bicyclic) bond motifs is 4. The Morgan fingerprint density at radius 3 is 2.07 bits per heavy atom. The molecule has 0 radical (unpaired) electrons. The Morgan fingerprint density at radius 2 is 1.33 bits per heavy atom. The summed E-state index contributed by atoms with van der Waals surface area (Å²) in [6.07, 6.45) is 1.90. The fourth-order valence-electron chi connectivity index (χ4n) is 7.71. The van der Waals surface area contributed by atoms with Crippen molar-refractivity contribution in [3.05, 3.63) is 150 Å². The number of rotatable bonds is 5. The van der Waals surface area contributed by atoms with Gasteiger partial charge in [-0.3, -0.25) is 9.97 Å². The molecule has 1 aliphatic heterocycles. The van der Waals surface area contributed by atoms with Crippen LogP contribution in [0.15, 0.2) is 109 Å². The molecule has 0 spiro atoms. The summed E-state index contributed by atoms with van der Waals surface area (Å²) in [6, 6.07) is 43.2. The second kappa shape index (κ2) is 13.9. The minimum atomic E-state index is -0.0321. The van der Waals surface area contributed by atoms with Crippen LogP contribution in [0.1, 0.15) is 43.0 Å². The second-order valence-electron chi connectivity index (χ2n) is 15.3. The van der Waals surface area contributed by atoms with E-state index in [9.17, 15) is 0 Å². The van der Waals surface area contributed by atoms with Crippen molar-refractivity contribution >= 4 is 38.9 Å². The third-order valence-corrected chi connectivity index (χ3v) is 10.3. The van der Waals surface area contributed by atoms with Gasteiger partial charge in [0.1, 0.15) is 11.6 Å². The Hall–Kier alpha value is -5.65. The van der Waals surface area contributed by atoms with Gasteiger partial charge in [0, 0.05) is 49.7 Å². The molecule has 0 saturated carbocycles. The van der Waals surface area contributed by atoms with E-state index in [1.807, 2.05) is 18.3 Å². The van der Waals surface area contributed by atoms with Crippen molar-refractivity contribution in [2.24, 2.45) is 0 Å². The first-order valence-electron chi connectivity index (χ1n) is 18.3. The van der Waals surface area contributed by atoms with E-state index in [1.165, 1.54) is 11.1 Å². The number of para-hydroxylation sites is 3. The first kappa shape index (κ1) is 36.3. The molecule has 0 atom stereocenters. The van der Waals surface area contributed by atoms with Gasteiger partial charge in [-0.2, -0.15) is 6.67 Å².